The number of carboxylic acid groups (broad SMARTS) is 1. The van der Waals surface area contributed by atoms with Crippen molar-refractivity contribution in [1.29, 1.82) is 0 Å². The maximum absolute atomic E-state index is 14.0. The number of aromatic hydroxyl groups is 1. The van der Waals surface area contributed by atoms with E-state index < -0.39 is 84.1 Å². The van der Waals surface area contributed by atoms with Crippen molar-refractivity contribution >= 4 is 41.4 Å². The number of benzene rings is 1. The van der Waals surface area contributed by atoms with Crippen LogP contribution in [0.15, 0.2) is 24.3 Å². The summed E-state index contributed by atoms with van der Waals surface area (Å²) < 4.78 is 0. The molecule has 1 aliphatic rings. The average Bonchev–Trinajstić information content (AvgIpc) is 3.59. The number of unbranched alkanes of at least 4 members (excludes halogenated alkanes) is 1. The molecule has 6 amide bonds. The van der Waals surface area contributed by atoms with Gasteiger partial charge in [-0.25, -0.2) is 0 Å². The molecule has 0 spiro atoms. The predicted octanol–water partition coefficient (Wildman–Crippen LogP) is -1.26. The number of aliphatic carboxylic acids is 1. The van der Waals surface area contributed by atoms with Gasteiger partial charge in [-0.15, -0.1) is 0 Å². The number of phenols is 1. The van der Waals surface area contributed by atoms with Crippen molar-refractivity contribution in [3.8, 4) is 5.75 Å². The van der Waals surface area contributed by atoms with Gasteiger partial charge in [-0.3, -0.25) is 33.6 Å². The van der Waals surface area contributed by atoms with E-state index in [1.165, 1.54) is 24.0 Å². The lowest BCUT2D eigenvalue weighted by Gasteiger charge is -2.31. The predicted molar refractivity (Wildman–Crippen MR) is 186 cm³/mol. The molecule has 1 aliphatic heterocycles. The molecule has 7 atom stereocenters. The van der Waals surface area contributed by atoms with Gasteiger partial charge in [-0.2, -0.15) is 0 Å². The Bertz CT molecular complexity index is 1380. The number of likely N-dealkylation sites (tertiary alicyclic amines) is 1. The van der Waals surface area contributed by atoms with E-state index >= 15 is 0 Å². The standard InChI is InChI=1S/C34H54N8O9/c1-4-19(2)28(36)33(50)38-20(3)30(47)41-25(18-21-10-12-22(43)13-11-21)31(48)40-24(8-5-6-16-35)34(51)42-17-7-9-26(42)32(49)39-23(29(37)46)14-15-27(44)45/h10-13,19-20,23-26,28,43H,4-9,14-18,35-36H2,1-3H3,(H2,37,46)(H,38,50)(H,39,49)(H,40,48)(H,41,47)(H,44,45)/t19-,20-,23-,24-,25-,26-,28-/m0/s1. The molecule has 1 heterocycles. The Hall–Kier alpha value is -4.77. The number of phenolic OH excluding ortho intramolecular Hbond substituents is 1. The lowest BCUT2D eigenvalue weighted by Crippen LogP contribution is -2.59. The Morgan fingerprint density at radius 1 is 0.882 bits per heavy atom. The van der Waals surface area contributed by atoms with E-state index in [0.717, 1.165) is 0 Å². The van der Waals surface area contributed by atoms with Crippen molar-refractivity contribution in [1.82, 2.24) is 26.2 Å². The first-order chi connectivity index (χ1) is 24.1. The molecule has 51 heavy (non-hydrogen) atoms. The van der Waals surface area contributed by atoms with E-state index in [9.17, 15) is 38.7 Å². The molecule has 0 radical (unpaired) electrons. The molecule has 0 unspecified atom stereocenters. The second kappa shape index (κ2) is 20.8. The van der Waals surface area contributed by atoms with Crippen LogP contribution in [0.2, 0.25) is 0 Å². The van der Waals surface area contributed by atoms with Gasteiger partial charge < -0.3 is 53.6 Å². The number of hydrogen-bond donors (Lipinski definition) is 9. The number of hydrogen-bond acceptors (Lipinski definition) is 10. The molecule has 0 aromatic heterocycles. The molecule has 0 saturated carbocycles. The van der Waals surface area contributed by atoms with Crippen molar-refractivity contribution in [3.63, 3.8) is 0 Å². The van der Waals surface area contributed by atoms with Crippen LogP contribution in [-0.2, 0) is 40.0 Å². The molecule has 284 valence electrons. The minimum Gasteiger partial charge on any atom is -0.508 e. The van der Waals surface area contributed by atoms with Crippen LogP contribution in [0.4, 0.5) is 0 Å². The van der Waals surface area contributed by atoms with Crippen molar-refractivity contribution in [3.05, 3.63) is 29.8 Å². The highest BCUT2D eigenvalue weighted by Crippen LogP contribution is 2.21. The third-order valence-electron chi connectivity index (χ3n) is 9.03. The molecule has 12 N–H and O–H groups in total. The number of carbonyl (C=O) groups is 7. The summed E-state index contributed by atoms with van der Waals surface area (Å²) in [6, 6.07) is -0.515. The van der Waals surface area contributed by atoms with Gasteiger partial charge in [-0.05, 0) is 75.6 Å². The second-order valence-corrected chi connectivity index (χ2v) is 13.0. The van der Waals surface area contributed by atoms with E-state index in [2.05, 4.69) is 21.3 Å². The fourth-order valence-electron chi connectivity index (χ4n) is 5.61. The van der Waals surface area contributed by atoms with Crippen LogP contribution in [0.1, 0.15) is 77.7 Å². The van der Waals surface area contributed by atoms with Gasteiger partial charge in [-0.1, -0.05) is 32.4 Å². The molecule has 1 saturated heterocycles. The smallest absolute Gasteiger partial charge is 0.303 e. The SMILES string of the molecule is CC[C@H](C)[C@H](N)C(=O)N[C@@H](C)C(=O)N[C@@H](Cc1ccc(O)cc1)C(=O)N[C@@H](CCCCN)C(=O)N1CCC[C@H]1C(=O)N[C@@H](CCC(=O)O)C(N)=O. The van der Waals surface area contributed by atoms with Crippen molar-refractivity contribution in [2.45, 2.75) is 115 Å². The lowest BCUT2D eigenvalue weighted by molar-refractivity contribution is -0.142. The zero-order valence-electron chi connectivity index (χ0n) is 29.6. The van der Waals surface area contributed by atoms with Crippen molar-refractivity contribution < 1.29 is 43.8 Å². The van der Waals surface area contributed by atoms with E-state index in [0.29, 0.717) is 37.8 Å². The highest BCUT2D eigenvalue weighted by Gasteiger charge is 2.39. The lowest BCUT2D eigenvalue weighted by atomic mass is 9.99. The molecule has 1 fully saturated rings. The Labute approximate surface area is 297 Å². The minimum absolute atomic E-state index is 0.00317. The Balaban J connectivity index is 2.30. The van der Waals surface area contributed by atoms with Crippen LogP contribution < -0.4 is 38.5 Å². The van der Waals surface area contributed by atoms with Crippen molar-refractivity contribution in [2.75, 3.05) is 13.1 Å². The average molecular weight is 719 g/mol. The quantitative estimate of drug-likeness (QED) is 0.0676. The van der Waals surface area contributed by atoms with Gasteiger partial charge in [0.15, 0.2) is 0 Å². The van der Waals surface area contributed by atoms with Crippen molar-refractivity contribution in [2.24, 2.45) is 23.1 Å². The summed E-state index contributed by atoms with van der Waals surface area (Å²) in [6.07, 6.45) is 1.85. The third kappa shape index (κ3) is 13.5. The third-order valence-corrected chi connectivity index (χ3v) is 9.03. The summed E-state index contributed by atoms with van der Waals surface area (Å²) in [7, 11) is 0. The van der Waals surface area contributed by atoms with E-state index in [4.69, 9.17) is 22.3 Å². The fourth-order valence-corrected chi connectivity index (χ4v) is 5.61. The van der Waals surface area contributed by atoms with E-state index in [1.54, 1.807) is 12.1 Å². The number of primary amides is 1. The summed E-state index contributed by atoms with van der Waals surface area (Å²) in [6.45, 7) is 5.67. The van der Waals surface area contributed by atoms with Gasteiger partial charge in [0.2, 0.25) is 35.4 Å². The minimum atomic E-state index is -1.26. The molecular weight excluding hydrogens is 664 g/mol. The summed E-state index contributed by atoms with van der Waals surface area (Å²) in [5.41, 5.74) is 17.7. The zero-order chi connectivity index (χ0) is 38.2. The maximum Gasteiger partial charge on any atom is 0.303 e. The molecular formula is C34H54N8O9. The molecule has 0 bridgehead atoms. The summed E-state index contributed by atoms with van der Waals surface area (Å²) in [5, 5.41) is 29.2. The van der Waals surface area contributed by atoms with Gasteiger partial charge in [0.1, 0.15) is 36.0 Å². The first-order valence-corrected chi connectivity index (χ1v) is 17.4. The Morgan fingerprint density at radius 3 is 2.12 bits per heavy atom. The maximum atomic E-state index is 14.0. The molecule has 17 nitrogen and oxygen atoms in total. The van der Waals surface area contributed by atoms with Gasteiger partial charge >= 0.3 is 5.97 Å². The number of carbonyl (C=O) groups excluding carboxylic acids is 6. The highest BCUT2D eigenvalue weighted by atomic mass is 16.4. The molecule has 0 aliphatic carbocycles. The van der Waals surface area contributed by atoms with Crippen LogP contribution in [-0.4, -0.2) is 106 Å². The van der Waals surface area contributed by atoms with E-state index in [-0.39, 0.29) is 43.9 Å². The Kier molecular flexibility index (Phi) is 17.3. The molecule has 1 aromatic carbocycles. The van der Waals surface area contributed by atoms with Crippen LogP contribution in [0.25, 0.3) is 0 Å². The highest BCUT2D eigenvalue weighted by molar-refractivity contribution is 5.97. The van der Waals surface area contributed by atoms with E-state index in [1.807, 2.05) is 13.8 Å². The summed E-state index contributed by atoms with van der Waals surface area (Å²) in [5.74, 6) is -5.37. The first kappa shape index (κ1) is 42.4. The number of amides is 6. The monoisotopic (exact) mass is 718 g/mol. The molecule has 2 rings (SSSR count). The Morgan fingerprint density at radius 2 is 1.53 bits per heavy atom. The normalized spacial score (nSPS) is 17.6. The van der Waals surface area contributed by atoms with Crippen LogP contribution >= 0.6 is 0 Å². The molecule has 17 heteroatoms. The van der Waals surface area contributed by atoms with Gasteiger partial charge in [0, 0.05) is 19.4 Å². The number of carboxylic acids is 1. The summed E-state index contributed by atoms with van der Waals surface area (Å²) >= 11 is 0. The number of nitrogens with two attached hydrogens (primary N) is 3. The fraction of sp³-hybridized carbons (Fsp3) is 0.618. The van der Waals surface area contributed by atoms with Crippen LogP contribution in [0.3, 0.4) is 0 Å². The second-order valence-electron chi connectivity index (χ2n) is 13.0. The largest absolute Gasteiger partial charge is 0.508 e. The zero-order valence-corrected chi connectivity index (χ0v) is 29.6. The first-order valence-electron chi connectivity index (χ1n) is 17.4. The number of nitrogens with zero attached hydrogens (tertiary/aromatic N) is 1. The summed E-state index contributed by atoms with van der Waals surface area (Å²) in [4.78, 5) is 91.3. The van der Waals surface area contributed by atoms with Gasteiger partial charge in [0.25, 0.3) is 0 Å². The molecule has 1 aromatic rings. The van der Waals surface area contributed by atoms with Crippen LogP contribution in [0.5, 0.6) is 5.75 Å². The topological polar surface area (TPSA) is 289 Å². The van der Waals surface area contributed by atoms with Gasteiger partial charge in [0.05, 0.1) is 6.04 Å². The van der Waals surface area contributed by atoms with Crippen LogP contribution in [0, 0.1) is 5.92 Å². The number of nitrogens with one attached hydrogen (secondary N) is 4. The number of rotatable bonds is 21.